The Bertz CT molecular complexity index is 941. The second kappa shape index (κ2) is 7.28. The Labute approximate surface area is 148 Å². The topological polar surface area (TPSA) is 69.0 Å². The maximum Gasteiger partial charge on any atom is 0.387 e. The summed E-state index contributed by atoms with van der Waals surface area (Å²) < 4.78 is 55.8. The van der Waals surface area contributed by atoms with Gasteiger partial charge in [0.05, 0.1) is 10.2 Å². The van der Waals surface area contributed by atoms with E-state index in [0.29, 0.717) is 15.9 Å². The summed E-state index contributed by atoms with van der Waals surface area (Å²) >= 11 is 1.07. The number of ether oxygens (including phenoxy) is 1. The molecule has 0 aliphatic carbocycles. The van der Waals surface area contributed by atoms with Gasteiger partial charge in [-0.1, -0.05) is 11.3 Å². The normalized spacial score (nSPS) is 11.5. The molecule has 0 unspecified atom stereocenters. The number of nitrogens with one attached hydrogen (secondary N) is 1. The van der Waals surface area contributed by atoms with Crippen LogP contribution in [0, 0.1) is 6.92 Å². The average Bonchev–Trinajstić information content (AvgIpc) is 3.09. The molecule has 138 valence electrons. The lowest BCUT2D eigenvalue weighted by Gasteiger charge is -2.04. The Hall–Kier alpha value is -2.69. The minimum absolute atomic E-state index is 0.0132. The van der Waals surface area contributed by atoms with Gasteiger partial charge in [0.15, 0.2) is 5.13 Å². The number of hydrogen-bond acceptors (Lipinski definition) is 5. The summed E-state index contributed by atoms with van der Waals surface area (Å²) in [6.07, 6.45) is -2.72. The van der Waals surface area contributed by atoms with Crippen molar-refractivity contribution < 1.29 is 27.1 Å². The Morgan fingerprint density at radius 1 is 1.31 bits per heavy atom. The highest BCUT2D eigenvalue weighted by atomic mass is 32.1. The monoisotopic (exact) mass is 388 g/mol. The van der Waals surface area contributed by atoms with E-state index in [0.717, 1.165) is 11.3 Å². The van der Waals surface area contributed by atoms with Crippen LogP contribution in [0.25, 0.3) is 10.2 Å². The van der Waals surface area contributed by atoms with Gasteiger partial charge in [-0.15, -0.1) is 0 Å². The third-order valence-corrected chi connectivity index (χ3v) is 4.28. The molecule has 1 aromatic carbocycles. The number of alkyl halides is 4. The van der Waals surface area contributed by atoms with Crippen LogP contribution in [0.5, 0.6) is 5.75 Å². The van der Waals surface area contributed by atoms with Crippen molar-refractivity contribution in [3.8, 4) is 5.75 Å². The molecule has 0 radical (unpaired) electrons. The fourth-order valence-corrected chi connectivity index (χ4v) is 3.14. The van der Waals surface area contributed by atoms with Crippen LogP contribution in [-0.4, -0.2) is 27.3 Å². The number of carbonyl (C=O) groups excluding carboxylic acids is 1. The van der Waals surface area contributed by atoms with E-state index in [9.17, 15) is 22.4 Å². The zero-order valence-corrected chi connectivity index (χ0v) is 14.1. The van der Waals surface area contributed by atoms with Crippen molar-refractivity contribution in [1.29, 1.82) is 0 Å². The number of hydrogen-bond donors (Lipinski definition) is 1. The lowest BCUT2D eigenvalue weighted by Crippen LogP contribution is -2.20. The molecular weight excluding hydrogens is 376 g/mol. The van der Waals surface area contributed by atoms with Gasteiger partial charge < -0.3 is 10.1 Å². The summed E-state index contributed by atoms with van der Waals surface area (Å²) in [7, 11) is 0. The van der Waals surface area contributed by atoms with Crippen molar-refractivity contribution in [2.75, 3.05) is 5.32 Å². The number of aromatic nitrogens is 3. The van der Waals surface area contributed by atoms with Crippen molar-refractivity contribution in [3.05, 3.63) is 35.7 Å². The Morgan fingerprint density at radius 2 is 2.08 bits per heavy atom. The first kappa shape index (κ1) is 18.1. The molecular formula is C15H12F4N4O2S. The van der Waals surface area contributed by atoms with Crippen LogP contribution in [0.2, 0.25) is 0 Å². The van der Waals surface area contributed by atoms with E-state index >= 15 is 0 Å². The Kier molecular flexibility index (Phi) is 5.07. The maximum atomic E-state index is 12.6. The maximum absolute atomic E-state index is 12.6. The number of halogens is 4. The van der Waals surface area contributed by atoms with Crippen molar-refractivity contribution in [1.82, 2.24) is 14.8 Å². The number of anilines is 1. The van der Waals surface area contributed by atoms with Crippen LogP contribution < -0.4 is 10.1 Å². The number of carbonyl (C=O) groups is 1. The molecule has 3 aromatic rings. The largest absolute Gasteiger partial charge is 0.435 e. The molecule has 0 saturated carbocycles. The van der Waals surface area contributed by atoms with E-state index in [4.69, 9.17) is 0 Å². The zero-order chi connectivity index (χ0) is 18.8. The van der Waals surface area contributed by atoms with Gasteiger partial charge in [-0.3, -0.25) is 9.48 Å². The molecule has 1 amide bonds. The number of thiazole rings is 1. The molecule has 2 heterocycles. The van der Waals surface area contributed by atoms with E-state index in [1.54, 1.807) is 6.92 Å². The molecule has 1 N–H and O–H groups in total. The Balaban J connectivity index is 1.71. The van der Waals surface area contributed by atoms with Crippen molar-refractivity contribution in [2.45, 2.75) is 26.5 Å². The van der Waals surface area contributed by atoms with Crippen molar-refractivity contribution in [3.63, 3.8) is 0 Å². The third kappa shape index (κ3) is 4.10. The Morgan fingerprint density at radius 3 is 2.73 bits per heavy atom. The van der Waals surface area contributed by atoms with Gasteiger partial charge in [0.25, 0.3) is 6.43 Å². The highest BCUT2D eigenvalue weighted by molar-refractivity contribution is 7.22. The number of benzene rings is 1. The summed E-state index contributed by atoms with van der Waals surface area (Å²) in [5.41, 5.74) is 0.526. The average molecular weight is 388 g/mol. The molecule has 2 aromatic heterocycles. The molecule has 3 rings (SSSR count). The molecule has 11 heteroatoms. The molecule has 0 aliphatic heterocycles. The van der Waals surface area contributed by atoms with Crippen LogP contribution in [0.4, 0.5) is 22.7 Å². The number of rotatable bonds is 6. The van der Waals surface area contributed by atoms with Crippen LogP contribution in [0.15, 0.2) is 24.3 Å². The van der Waals surface area contributed by atoms with Crippen LogP contribution in [0.3, 0.4) is 0 Å². The van der Waals surface area contributed by atoms with Gasteiger partial charge in [-0.05, 0) is 31.2 Å². The molecule has 6 nitrogen and oxygen atoms in total. The summed E-state index contributed by atoms with van der Waals surface area (Å²) in [5.74, 6) is -0.513. The highest BCUT2D eigenvalue weighted by Crippen LogP contribution is 2.30. The molecule has 0 aliphatic rings. The van der Waals surface area contributed by atoms with Gasteiger partial charge in [0.1, 0.15) is 18.0 Å². The molecule has 0 saturated heterocycles. The summed E-state index contributed by atoms with van der Waals surface area (Å²) in [5, 5.41) is 6.46. The van der Waals surface area contributed by atoms with E-state index < -0.39 is 24.6 Å². The van der Waals surface area contributed by atoms with Crippen molar-refractivity contribution >= 4 is 32.6 Å². The standard InChI is InChI=1S/C15H12F4N4O2S/c1-7-4-10(13(16)17)22-23(7)6-12(24)21-15-20-9-3-2-8(25-14(18)19)5-11(9)26-15/h2-5,13-14H,6H2,1H3,(H,20,21,24). The minimum Gasteiger partial charge on any atom is -0.435 e. The summed E-state index contributed by atoms with van der Waals surface area (Å²) in [6, 6.07) is 5.44. The smallest absolute Gasteiger partial charge is 0.387 e. The number of amides is 1. The summed E-state index contributed by atoms with van der Waals surface area (Å²) in [4.78, 5) is 16.3. The molecule has 0 atom stereocenters. The lowest BCUT2D eigenvalue weighted by atomic mass is 10.3. The minimum atomic E-state index is -2.94. The number of aryl methyl sites for hydroxylation is 1. The van der Waals surface area contributed by atoms with Gasteiger partial charge in [0.2, 0.25) is 5.91 Å². The van der Waals surface area contributed by atoms with Gasteiger partial charge in [-0.25, -0.2) is 13.8 Å². The number of fused-ring (bicyclic) bond motifs is 1. The first-order valence-electron chi connectivity index (χ1n) is 7.29. The SMILES string of the molecule is Cc1cc(C(F)F)nn1CC(=O)Nc1nc2ccc(OC(F)F)cc2s1. The zero-order valence-electron chi connectivity index (χ0n) is 13.2. The van der Waals surface area contributed by atoms with Crippen LogP contribution >= 0.6 is 11.3 Å². The van der Waals surface area contributed by atoms with E-state index in [2.05, 4.69) is 20.1 Å². The van der Waals surface area contributed by atoms with Gasteiger partial charge in [0, 0.05) is 5.69 Å². The summed E-state index contributed by atoms with van der Waals surface area (Å²) in [6.45, 7) is -1.63. The predicted molar refractivity (Wildman–Crippen MR) is 86.8 cm³/mol. The second-order valence-electron chi connectivity index (χ2n) is 5.24. The van der Waals surface area contributed by atoms with E-state index in [-0.39, 0.29) is 17.4 Å². The quantitative estimate of drug-likeness (QED) is 0.649. The van der Waals surface area contributed by atoms with Crippen LogP contribution in [-0.2, 0) is 11.3 Å². The lowest BCUT2D eigenvalue weighted by molar-refractivity contribution is -0.117. The number of nitrogens with zero attached hydrogens (tertiary/aromatic N) is 3. The molecule has 26 heavy (non-hydrogen) atoms. The van der Waals surface area contributed by atoms with Gasteiger partial charge >= 0.3 is 6.61 Å². The van der Waals surface area contributed by atoms with Gasteiger partial charge in [-0.2, -0.15) is 13.9 Å². The van der Waals surface area contributed by atoms with E-state index in [1.807, 2.05) is 0 Å². The predicted octanol–water partition coefficient (Wildman–Crippen LogP) is 3.98. The van der Waals surface area contributed by atoms with E-state index in [1.165, 1.54) is 28.9 Å². The third-order valence-electron chi connectivity index (χ3n) is 3.35. The van der Waals surface area contributed by atoms with Crippen LogP contribution in [0.1, 0.15) is 17.8 Å². The molecule has 0 fully saturated rings. The molecule has 0 spiro atoms. The first-order valence-corrected chi connectivity index (χ1v) is 8.11. The fourth-order valence-electron chi connectivity index (χ4n) is 2.23. The second-order valence-corrected chi connectivity index (χ2v) is 6.27. The molecule has 0 bridgehead atoms. The van der Waals surface area contributed by atoms with Crippen molar-refractivity contribution in [2.24, 2.45) is 0 Å². The fraction of sp³-hybridized carbons (Fsp3) is 0.267. The highest BCUT2D eigenvalue weighted by Gasteiger charge is 2.16. The first-order chi connectivity index (χ1) is 12.3.